The molecule has 3 aromatic rings. The number of ketones is 1. The van der Waals surface area contributed by atoms with E-state index in [1.54, 1.807) is 24.3 Å². The Bertz CT molecular complexity index is 1400. The summed E-state index contributed by atoms with van der Waals surface area (Å²) in [7, 11) is 0. The third kappa shape index (κ3) is 2.21. The van der Waals surface area contributed by atoms with Gasteiger partial charge < -0.3 is 0 Å². The van der Waals surface area contributed by atoms with Crippen LogP contribution in [0.2, 0.25) is 0 Å². The van der Waals surface area contributed by atoms with Gasteiger partial charge in [-0.1, -0.05) is 94.8 Å². The fourth-order valence-corrected chi connectivity index (χ4v) is 7.83. The number of rotatable bonds is 3. The number of benzene rings is 3. The summed E-state index contributed by atoms with van der Waals surface area (Å²) in [6.45, 7) is 3.68. The molecule has 1 aliphatic heterocycles. The van der Waals surface area contributed by atoms with E-state index in [0.29, 0.717) is 5.69 Å². The molecule has 0 aromatic heterocycles. The molecule has 2 fully saturated rings. The van der Waals surface area contributed by atoms with E-state index < -0.39 is 21.1 Å². The van der Waals surface area contributed by atoms with Crippen molar-refractivity contribution < 1.29 is 14.4 Å². The molecule has 4 atom stereocenters. The SMILES string of the molecule is CC12C(=O)C(C)(C(c3ccccc3)=C1c1ccccc1)C1(Br)C(=O)N(c3ccccc3)C(=O)C21. The molecule has 6 rings (SSSR count). The van der Waals surface area contributed by atoms with E-state index >= 15 is 0 Å². The van der Waals surface area contributed by atoms with Gasteiger partial charge in [0.05, 0.1) is 22.4 Å². The average Bonchev–Trinajstić information content (AvgIpc) is 3.25. The summed E-state index contributed by atoms with van der Waals surface area (Å²) in [5.74, 6) is -1.66. The Kier molecular flexibility index (Phi) is 4.28. The van der Waals surface area contributed by atoms with Crippen molar-refractivity contribution in [1.82, 2.24) is 0 Å². The number of anilines is 1. The molecule has 2 bridgehead atoms. The largest absolute Gasteiger partial charge is 0.298 e. The number of nitrogens with zero attached hydrogens (tertiary/aromatic N) is 1. The van der Waals surface area contributed by atoms with Crippen molar-refractivity contribution in [1.29, 1.82) is 0 Å². The second-order valence-corrected chi connectivity index (χ2v) is 10.8. The molecule has 34 heavy (non-hydrogen) atoms. The maximum Gasteiger partial charge on any atom is 0.252 e. The van der Waals surface area contributed by atoms with Crippen molar-refractivity contribution in [3.05, 3.63) is 102 Å². The van der Waals surface area contributed by atoms with Gasteiger partial charge in [-0.25, -0.2) is 4.90 Å². The molecule has 1 saturated carbocycles. The van der Waals surface area contributed by atoms with Crippen molar-refractivity contribution in [2.45, 2.75) is 18.2 Å². The van der Waals surface area contributed by atoms with Crippen molar-refractivity contribution in [2.75, 3.05) is 4.90 Å². The zero-order valence-electron chi connectivity index (χ0n) is 18.8. The quantitative estimate of drug-likeness (QED) is 0.343. The number of fused-ring (bicyclic) bond motifs is 5. The number of imide groups is 1. The number of allylic oxidation sites excluding steroid dienone is 2. The van der Waals surface area contributed by atoms with Crippen LogP contribution in [0.4, 0.5) is 5.69 Å². The van der Waals surface area contributed by atoms with Crippen molar-refractivity contribution in [3.63, 3.8) is 0 Å². The summed E-state index contributed by atoms with van der Waals surface area (Å²) in [4.78, 5) is 43.7. The topological polar surface area (TPSA) is 54.5 Å². The van der Waals surface area contributed by atoms with Gasteiger partial charge in [-0.2, -0.15) is 0 Å². The third-order valence-corrected chi connectivity index (χ3v) is 9.61. The lowest BCUT2D eigenvalue weighted by molar-refractivity contribution is -0.133. The summed E-state index contributed by atoms with van der Waals surface area (Å²) < 4.78 is -1.37. The molecule has 0 N–H and O–H groups in total. The molecule has 2 aliphatic carbocycles. The molecule has 4 nitrogen and oxygen atoms in total. The van der Waals surface area contributed by atoms with Gasteiger partial charge >= 0.3 is 0 Å². The number of Topliss-reactive ketones (excluding diaryl/α,β-unsaturated/α-hetero) is 1. The second kappa shape index (κ2) is 6.86. The Labute approximate surface area is 206 Å². The highest BCUT2D eigenvalue weighted by Gasteiger charge is 2.85. The molecule has 1 heterocycles. The van der Waals surface area contributed by atoms with Gasteiger partial charge in [0.15, 0.2) is 5.78 Å². The van der Waals surface area contributed by atoms with Gasteiger partial charge in [-0.15, -0.1) is 0 Å². The fourth-order valence-electron chi connectivity index (χ4n) is 6.62. The van der Waals surface area contributed by atoms with Gasteiger partial charge in [0.25, 0.3) is 5.91 Å². The monoisotopic (exact) mass is 511 g/mol. The highest BCUT2D eigenvalue weighted by Crippen LogP contribution is 2.77. The van der Waals surface area contributed by atoms with Crippen molar-refractivity contribution in [2.24, 2.45) is 16.7 Å². The van der Waals surface area contributed by atoms with Crippen LogP contribution in [0.15, 0.2) is 91.0 Å². The van der Waals surface area contributed by atoms with Crippen LogP contribution >= 0.6 is 15.9 Å². The minimum atomic E-state index is -1.37. The maximum atomic E-state index is 14.3. The van der Waals surface area contributed by atoms with Crippen LogP contribution in [-0.2, 0) is 14.4 Å². The number of hydrogen-bond acceptors (Lipinski definition) is 3. The molecule has 2 amide bonds. The zero-order chi connectivity index (χ0) is 23.9. The first kappa shape index (κ1) is 21.2. The maximum absolute atomic E-state index is 14.3. The Morgan fingerprint density at radius 1 is 0.706 bits per heavy atom. The van der Waals surface area contributed by atoms with E-state index in [0.717, 1.165) is 22.3 Å². The third-order valence-electron chi connectivity index (χ3n) is 8.02. The van der Waals surface area contributed by atoms with Gasteiger partial charge in [0, 0.05) is 0 Å². The molecule has 5 heteroatoms. The van der Waals surface area contributed by atoms with E-state index in [1.165, 1.54) is 4.90 Å². The van der Waals surface area contributed by atoms with E-state index in [1.807, 2.05) is 80.6 Å². The highest BCUT2D eigenvalue weighted by atomic mass is 79.9. The second-order valence-electron chi connectivity index (χ2n) is 9.60. The van der Waals surface area contributed by atoms with Gasteiger partial charge in [0.1, 0.15) is 4.32 Å². The number of carbonyl (C=O) groups excluding carboxylic acids is 3. The molecule has 0 spiro atoms. The summed E-state index contributed by atoms with van der Waals surface area (Å²) in [5, 5.41) is 0. The normalized spacial score (nSPS) is 32.0. The molecular weight excluding hydrogens is 490 g/mol. The number of amides is 2. The minimum absolute atomic E-state index is 0.0889. The molecule has 0 radical (unpaired) electrons. The number of para-hydroxylation sites is 1. The summed E-state index contributed by atoms with van der Waals surface area (Å²) in [6.07, 6.45) is 0. The molecule has 3 aliphatic rings. The Hall–Kier alpha value is -3.31. The smallest absolute Gasteiger partial charge is 0.252 e. The highest BCUT2D eigenvalue weighted by molar-refractivity contribution is 9.10. The van der Waals surface area contributed by atoms with Crippen LogP contribution in [0.3, 0.4) is 0 Å². The molecule has 3 aromatic carbocycles. The lowest BCUT2D eigenvalue weighted by atomic mass is 9.63. The van der Waals surface area contributed by atoms with E-state index in [2.05, 4.69) is 15.9 Å². The van der Waals surface area contributed by atoms with Gasteiger partial charge in [0.2, 0.25) is 5.91 Å². The van der Waals surface area contributed by atoms with Gasteiger partial charge in [-0.05, 0) is 48.3 Å². The van der Waals surface area contributed by atoms with E-state index in [4.69, 9.17) is 0 Å². The standard InChI is InChI=1S/C29H22BrNO3/c1-27-21(18-12-6-3-7-13-18)22(19-14-8-4-9-15-19)28(2,25(27)33)29(30)23(27)24(32)31(26(29)34)20-16-10-5-11-17-20/h3-17,23H,1-2H3. The average molecular weight is 512 g/mol. The van der Waals surface area contributed by atoms with Crippen molar-refractivity contribution >= 4 is 50.4 Å². The summed E-state index contributed by atoms with van der Waals surface area (Å²) >= 11 is 3.78. The fraction of sp³-hybridized carbons (Fsp3) is 0.207. The molecule has 4 unspecified atom stereocenters. The lowest BCUT2D eigenvalue weighted by Gasteiger charge is -2.41. The zero-order valence-corrected chi connectivity index (χ0v) is 20.4. The lowest BCUT2D eigenvalue weighted by Crippen LogP contribution is -2.50. The van der Waals surface area contributed by atoms with E-state index in [-0.39, 0.29) is 17.6 Å². The van der Waals surface area contributed by atoms with Crippen LogP contribution in [-0.4, -0.2) is 21.9 Å². The van der Waals surface area contributed by atoms with Crippen LogP contribution in [0.25, 0.3) is 11.1 Å². The Balaban J connectivity index is 1.68. The number of halogens is 1. The Morgan fingerprint density at radius 2 is 1.18 bits per heavy atom. The van der Waals surface area contributed by atoms with Gasteiger partial charge in [-0.3, -0.25) is 14.4 Å². The molecule has 168 valence electrons. The summed E-state index contributed by atoms with van der Waals surface area (Å²) in [5.41, 5.74) is 1.56. The summed E-state index contributed by atoms with van der Waals surface area (Å²) in [6, 6.07) is 28.5. The van der Waals surface area contributed by atoms with Crippen LogP contribution in [0, 0.1) is 16.7 Å². The van der Waals surface area contributed by atoms with Crippen molar-refractivity contribution in [3.8, 4) is 0 Å². The van der Waals surface area contributed by atoms with E-state index in [9.17, 15) is 14.4 Å². The minimum Gasteiger partial charge on any atom is -0.298 e. The number of hydrogen-bond donors (Lipinski definition) is 0. The first-order chi connectivity index (χ1) is 16.3. The first-order valence-corrected chi connectivity index (χ1v) is 12.1. The molecular formula is C29H22BrNO3. The number of alkyl halides is 1. The van der Waals surface area contributed by atoms with Crippen LogP contribution in [0.1, 0.15) is 25.0 Å². The predicted octanol–water partition coefficient (Wildman–Crippen LogP) is 5.53. The first-order valence-electron chi connectivity index (χ1n) is 11.3. The number of carbonyl (C=O) groups is 3. The predicted molar refractivity (Wildman–Crippen MR) is 135 cm³/mol. The Morgan fingerprint density at radius 3 is 1.71 bits per heavy atom. The van der Waals surface area contributed by atoms with Crippen LogP contribution in [0.5, 0.6) is 0 Å². The molecule has 1 saturated heterocycles. The van der Waals surface area contributed by atoms with Crippen LogP contribution < -0.4 is 4.90 Å².